The van der Waals surface area contributed by atoms with E-state index in [1.54, 1.807) is 0 Å². The Hall–Kier alpha value is -1.19. The molecule has 1 N–H and O–H groups in total. The number of rotatable bonds is 7. The van der Waals surface area contributed by atoms with Crippen molar-refractivity contribution >= 4 is 11.3 Å². The first-order valence-corrected chi connectivity index (χ1v) is 8.47. The van der Waals surface area contributed by atoms with E-state index in [-0.39, 0.29) is 0 Å². The summed E-state index contributed by atoms with van der Waals surface area (Å²) in [6.07, 6.45) is 4.83. The molecule has 0 amide bonds. The van der Waals surface area contributed by atoms with Gasteiger partial charge in [0.15, 0.2) is 0 Å². The molecule has 1 aliphatic carbocycles. The molecule has 0 radical (unpaired) electrons. The predicted octanol–water partition coefficient (Wildman–Crippen LogP) is 4.30. The first kappa shape index (κ1) is 13.8. The number of benzene rings is 1. The van der Waals surface area contributed by atoms with Crippen molar-refractivity contribution in [3.8, 4) is 0 Å². The second kappa shape index (κ2) is 6.51. The molecule has 0 bridgehead atoms. The Labute approximate surface area is 125 Å². The second-order valence-electron chi connectivity index (χ2n) is 5.57. The zero-order chi connectivity index (χ0) is 13.8. The average molecular weight is 286 g/mol. The maximum absolute atomic E-state index is 4.82. The van der Waals surface area contributed by atoms with Crippen LogP contribution >= 0.6 is 11.3 Å². The van der Waals surface area contributed by atoms with Gasteiger partial charge in [0.2, 0.25) is 0 Å². The van der Waals surface area contributed by atoms with Gasteiger partial charge in [0.05, 0.1) is 10.7 Å². The summed E-state index contributed by atoms with van der Waals surface area (Å²) in [7, 11) is 0. The molecule has 0 saturated heterocycles. The fourth-order valence-electron chi connectivity index (χ4n) is 2.46. The Morgan fingerprint density at radius 3 is 2.80 bits per heavy atom. The number of aromatic nitrogens is 1. The van der Waals surface area contributed by atoms with Crippen molar-refractivity contribution < 1.29 is 0 Å². The van der Waals surface area contributed by atoms with Gasteiger partial charge >= 0.3 is 0 Å². The highest BCUT2D eigenvalue weighted by molar-refractivity contribution is 7.09. The van der Waals surface area contributed by atoms with E-state index >= 15 is 0 Å². The normalized spacial score (nSPS) is 16.2. The summed E-state index contributed by atoms with van der Waals surface area (Å²) in [5.74, 6) is 0.771. The van der Waals surface area contributed by atoms with Crippen molar-refractivity contribution in [1.82, 2.24) is 10.3 Å². The van der Waals surface area contributed by atoms with Crippen LogP contribution in [-0.2, 0) is 6.42 Å². The van der Waals surface area contributed by atoms with Crippen LogP contribution in [0.25, 0.3) is 0 Å². The van der Waals surface area contributed by atoms with Gasteiger partial charge in [-0.3, -0.25) is 0 Å². The lowest BCUT2D eigenvalue weighted by Crippen LogP contribution is -2.24. The molecule has 106 valence electrons. The fourth-order valence-corrected chi connectivity index (χ4v) is 3.46. The van der Waals surface area contributed by atoms with Crippen molar-refractivity contribution in [2.75, 3.05) is 6.54 Å². The maximum atomic E-state index is 4.82. The molecule has 1 aromatic carbocycles. The van der Waals surface area contributed by atoms with Crippen molar-refractivity contribution in [3.05, 3.63) is 52.0 Å². The predicted molar refractivity (Wildman–Crippen MR) is 85.3 cm³/mol. The molecule has 3 heteroatoms. The third kappa shape index (κ3) is 3.47. The molecule has 1 atom stereocenters. The third-order valence-corrected chi connectivity index (χ3v) is 4.81. The Morgan fingerprint density at radius 2 is 2.10 bits per heavy atom. The van der Waals surface area contributed by atoms with Gasteiger partial charge in [0.25, 0.3) is 0 Å². The lowest BCUT2D eigenvalue weighted by Gasteiger charge is -2.18. The van der Waals surface area contributed by atoms with Crippen molar-refractivity contribution in [2.45, 2.75) is 44.6 Å². The van der Waals surface area contributed by atoms with Gasteiger partial charge in [-0.25, -0.2) is 4.98 Å². The molecule has 1 aromatic heterocycles. The summed E-state index contributed by atoms with van der Waals surface area (Å²) in [5.41, 5.74) is 2.61. The standard InChI is InChI=1S/C17H22N2S/c1-2-10-18-16(13-6-4-3-5-7-13)11-15-12-20-17(19-15)14-8-9-14/h3-7,12,14,16,18H,2,8-11H2,1H3. The molecule has 0 aliphatic heterocycles. The number of hydrogen-bond donors (Lipinski definition) is 1. The number of thiazole rings is 1. The number of nitrogens with zero attached hydrogens (tertiary/aromatic N) is 1. The van der Waals surface area contributed by atoms with E-state index in [0.29, 0.717) is 6.04 Å². The summed E-state index contributed by atoms with van der Waals surface area (Å²) in [6, 6.07) is 11.1. The molecule has 3 rings (SSSR count). The van der Waals surface area contributed by atoms with Gasteiger partial charge < -0.3 is 5.32 Å². The van der Waals surface area contributed by atoms with Crippen molar-refractivity contribution in [2.24, 2.45) is 0 Å². The van der Waals surface area contributed by atoms with E-state index in [1.807, 2.05) is 11.3 Å². The quantitative estimate of drug-likeness (QED) is 0.820. The highest BCUT2D eigenvalue weighted by Gasteiger charge is 2.26. The van der Waals surface area contributed by atoms with Crippen LogP contribution in [0.3, 0.4) is 0 Å². The lowest BCUT2D eigenvalue weighted by molar-refractivity contribution is 0.525. The van der Waals surface area contributed by atoms with Gasteiger partial charge in [-0.1, -0.05) is 37.3 Å². The van der Waals surface area contributed by atoms with Crippen LogP contribution in [0.1, 0.15) is 54.4 Å². The van der Waals surface area contributed by atoms with Crippen LogP contribution in [-0.4, -0.2) is 11.5 Å². The van der Waals surface area contributed by atoms with E-state index < -0.39 is 0 Å². The van der Waals surface area contributed by atoms with Crippen LogP contribution in [0, 0.1) is 0 Å². The molecular formula is C17H22N2S. The fraction of sp³-hybridized carbons (Fsp3) is 0.471. The minimum atomic E-state index is 0.380. The molecule has 1 saturated carbocycles. The molecule has 2 aromatic rings. The van der Waals surface area contributed by atoms with Crippen LogP contribution in [0.5, 0.6) is 0 Å². The Morgan fingerprint density at radius 1 is 1.30 bits per heavy atom. The molecule has 1 aliphatic rings. The molecule has 0 spiro atoms. The van der Waals surface area contributed by atoms with E-state index in [2.05, 4.69) is 48.0 Å². The summed E-state index contributed by atoms with van der Waals surface area (Å²) in [5, 5.41) is 7.25. The number of hydrogen-bond acceptors (Lipinski definition) is 3. The largest absolute Gasteiger partial charge is 0.310 e. The molecular weight excluding hydrogens is 264 g/mol. The maximum Gasteiger partial charge on any atom is 0.0959 e. The summed E-state index contributed by atoms with van der Waals surface area (Å²) in [4.78, 5) is 4.82. The highest BCUT2D eigenvalue weighted by Crippen LogP contribution is 2.41. The zero-order valence-electron chi connectivity index (χ0n) is 12.0. The minimum Gasteiger partial charge on any atom is -0.310 e. The molecule has 1 fully saturated rings. The molecule has 2 nitrogen and oxygen atoms in total. The molecule has 1 heterocycles. The topological polar surface area (TPSA) is 24.9 Å². The van der Waals surface area contributed by atoms with Crippen molar-refractivity contribution in [3.63, 3.8) is 0 Å². The van der Waals surface area contributed by atoms with Gasteiger partial charge in [-0.05, 0) is 31.4 Å². The van der Waals surface area contributed by atoms with E-state index in [1.165, 1.54) is 29.1 Å². The van der Waals surface area contributed by atoms with Crippen LogP contribution in [0.15, 0.2) is 35.7 Å². The van der Waals surface area contributed by atoms with E-state index in [0.717, 1.165) is 25.3 Å². The Bertz CT molecular complexity index is 531. The third-order valence-electron chi connectivity index (χ3n) is 3.75. The number of nitrogens with one attached hydrogen (secondary N) is 1. The first-order valence-electron chi connectivity index (χ1n) is 7.59. The van der Waals surface area contributed by atoms with Gasteiger partial charge in [-0.15, -0.1) is 11.3 Å². The molecule has 1 unspecified atom stereocenters. The summed E-state index contributed by atoms with van der Waals surface area (Å²) < 4.78 is 0. The summed E-state index contributed by atoms with van der Waals surface area (Å²) in [6.45, 7) is 3.27. The van der Waals surface area contributed by atoms with Crippen molar-refractivity contribution in [1.29, 1.82) is 0 Å². The van der Waals surface area contributed by atoms with Gasteiger partial charge in [0, 0.05) is 23.8 Å². The van der Waals surface area contributed by atoms with E-state index in [4.69, 9.17) is 4.98 Å². The minimum absolute atomic E-state index is 0.380. The smallest absolute Gasteiger partial charge is 0.0959 e. The molecule has 20 heavy (non-hydrogen) atoms. The van der Waals surface area contributed by atoms with Gasteiger partial charge in [0.1, 0.15) is 0 Å². The average Bonchev–Trinajstić information content (AvgIpc) is 3.24. The second-order valence-corrected chi connectivity index (χ2v) is 6.46. The SMILES string of the molecule is CCCNC(Cc1csc(C2CC2)n1)c1ccccc1. The highest BCUT2D eigenvalue weighted by atomic mass is 32.1. The Kier molecular flexibility index (Phi) is 4.48. The first-order chi connectivity index (χ1) is 9.86. The van der Waals surface area contributed by atoms with Crippen LogP contribution in [0.2, 0.25) is 0 Å². The summed E-state index contributed by atoms with van der Waals surface area (Å²) >= 11 is 1.84. The zero-order valence-corrected chi connectivity index (χ0v) is 12.8. The van der Waals surface area contributed by atoms with Crippen LogP contribution < -0.4 is 5.32 Å². The Balaban J connectivity index is 1.71. The van der Waals surface area contributed by atoms with E-state index in [9.17, 15) is 0 Å². The lowest BCUT2D eigenvalue weighted by atomic mass is 10.0. The monoisotopic (exact) mass is 286 g/mol. The van der Waals surface area contributed by atoms with Gasteiger partial charge in [-0.2, -0.15) is 0 Å². The van der Waals surface area contributed by atoms with Crippen LogP contribution in [0.4, 0.5) is 0 Å².